The summed E-state index contributed by atoms with van der Waals surface area (Å²) in [6, 6.07) is 13.2. The lowest BCUT2D eigenvalue weighted by atomic mass is 10.1. The normalized spacial score (nSPS) is 14.8. The lowest BCUT2D eigenvalue weighted by molar-refractivity contribution is -0.0498. The third-order valence-corrected chi connectivity index (χ3v) is 4.26. The molecule has 1 saturated carbocycles. The van der Waals surface area contributed by atoms with Crippen molar-refractivity contribution in [3.8, 4) is 5.75 Å². The van der Waals surface area contributed by atoms with E-state index in [2.05, 4.69) is 15.4 Å². The first-order valence-corrected chi connectivity index (χ1v) is 8.47. The third-order valence-electron chi connectivity index (χ3n) is 4.26. The number of benzene rings is 2. The first kappa shape index (κ1) is 18.1. The number of carbonyl (C=O) groups excluding carboxylic acids is 1. The molecule has 0 heterocycles. The van der Waals surface area contributed by atoms with Gasteiger partial charge in [-0.25, -0.2) is 0 Å². The minimum Gasteiger partial charge on any atom is -0.435 e. The number of alkyl halides is 2. The molecular weight excluding hydrogens is 340 g/mol. The molecule has 4 N–H and O–H groups in total. The van der Waals surface area contributed by atoms with Gasteiger partial charge in [0.15, 0.2) is 0 Å². The van der Waals surface area contributed by atoms with Crippen molar-refractivity contribution in [2.24, 2.45) is 11.7 Å². The molecule has 1 fully saturated rings. The number of amides is 1. The zero-order valence-electron chi connectivity index (χ0n) is 14.1. The molecule has 3 rings (SSSR count). The molecule has 0 saturated heterocycles. The van der Waals surface area contributed by atoms with E-state index in [1.54, 1.807) is 30.3 Å². The highest BCUT2D eigenvalue weighted by Crippen LogP contribution is 2.31. The number of nitrogens with two attached hydrogens (primary N) is 1. The Morgan fingerprint density at radius 3 is 2.50 bits per heavy atom. The van der Waals surface area contributed by atoms with Crippen molar-refractivity contribution in [3.63, 3.8) is 0 Å². The van der Waals surface area contributed by atoms with Crippen LogP contribution < -0.4 is 21.1 Å². The minimum atomic E-state index is -2.86. The lowest BCUT2D eigenvalue weighted by Gasteiger charge is -2.15. The summed E-state index contributed by atoms with van der Waals surface area (Å²) in [5.41, 5.74) is 7.78. The average Bonchev–Trinajstić information content (AvgIpc) is 3.46. The summed E-state index contributed by atoms with van der Waals surface area (Å²) in [6.45, 7) is -2.42. The summed E-state index contributed by atoms with van der Waals surface area (Å²) in [5, 5.41) is 5.99. The fourth-order valence-electron chi connectivity index (χ4n) is 2.66. The summed E-state index contributed by atoms with van der Waals surface area (Å²) in [6.07, 6.45) is 2.25. The molecule has 1 atom stereocenters. The van der Waals surface area contributed by atoms with Crippen molar-refractivity contribution in [3.05, 3.63) is 54.1 Å². The van der Waals surface area contributed by atoms with E-state index in [0.717, 1.165) is 12.8 Å². The summed E-state index contributed by atoms with van der Waals surface area (Å²) in [4.78, 5) is 12.5. The van der Waals surface area contributed by atoms with Crippen molar-refractivity contribution in [2.75, 3.05) is 11.9 Å². The lowest BCUT2D eigenvalue weighted by Crippen LogP contribution is -2.38. The number of carbonyl (C=O) groups is 1. The van der Waals surface area contributed by atoms with Crippen LogP contribution >= 0.6 is 0 Å². The zero-order chi connectivity index (χ0) is 18.5. The highest BCUT2D eigenvalue weighted by atomic mass is 19.3. The highest BCUT2D eigenvalue weighted by molar-refractivity contribution is 6.00. The van der Waals surface area contributed by atoms with Gasteiger partial charge in [-0.2, -0.15) is 8.78 Å². The van der Waals surface area contributed by atoms with Gasteiger partial charge in [-0.3, -0.25) is 4.79 Å². The summed E-state index contributed by atoms with van der Waals surface area (Å²) in [7, 11) is 0. The van der Waals surface area contributed by atoms with Gasteiger partial charge < -0.3 is 21.1 Å². The van der Waals surface area contributed by atoms with E-state index in [1.807, 2.05) is 6.07 Å². The topological polar surface area (TPSA) is 76.4 Å². The summed E-state index contributed by atoms with van der Waals surface area (Å²) < 4.78 is 28.7. The third kappa shape index (κ3) is 4.92. The van der Waals surface area contributed by atoms with Crippen molar-refractivity contribution < 1.29 is 18.3 Å². The van der Waals surface area contributed by atoms with Gasteiger partial charge in [-0.1, -0.05) is 12.1 Å². The Balaban J connectivity index is 1.65. The quantitative estimate of drug-likeness (QED) is 0.673. The number of halogens is 2. The van der Waals surface area contributed by atoms with Crippen molar-refractivity contribution >= 4 is 17.3 Å². The SMILES string of the molecule is NC(CNC(=O)c1ccccc1Nc1ccc(OC(F)F)cc1)C1CC1. The molecule has 0 aromatic heterocycles. The van der Waals surface area contributed by atoms with Gasteiger partial charge in [0.1, 0.15) is 5.75 Å². The molecule has 2 aromatic carbocycles. The average molecular weight is 361 g/mol. The summed E-state index contributed by atoms with van der Waals surface area (Å²) >= 11 is 0. The van der Waals surface area contributed by atoms with E-state index in [4.69, 9.17) is 5.73 Å². The molecule has 26 heavy (non-hydrogen) atoms. The number of anilines is 2. The Kier molecular flexibility index (Phi) is 5.68. The molecule has 2 aromatic rings. The molecule has 0 spiro atoms. The van der Waals surface area contributed by atoms with Gasteiger partial charge in [-0.15, -0.1) is 0 Å². The molecule has 138 valence electrons. The standard InChI is InChI=1S/C19H21F2N3O2/c20-19(21)26-14-9-7-13(8-10-14)24-17-4-2-1-3-15(17)18(25)23-11-16(22)12-5-6-12/h1-4,7-10,12,16,19,24H,5-6,11,22H2,(H,23,25). The monoisotopic (exact) mass is 361 g/mol. The van der Waals surface area contributed by atoms with Gasteiger partial charge in [0, 0.05) is 18.3 Å². The Morgan fingerprint density at radius 2 is 1.85 bits per heavy atom. The fraction of sp³-hybridized carbons (Fsp3) is 0.316. The molecule has 5 nitrogen and oxygen atoms in total. The van der Waals surface area contributed by atoms with Crippen LogP contribution in [-0.4, -0.2) is 25.1 Å². The van der Waals surface area contributed by atoms with Crippen LogP contribution in [0.1, 0.15) is 23.2 Å². The highest BCUT2D eigenvalue weighted by Gasteiger charge is 2.28. The van der Waals surface area contributed by atoms with Gasteiger partial charge in [0.25, 0.3) is 5.91 Å². The predicted octanol–water partition coefficient (Wildman–Crippen LogP) is 3.50. The Bertz CT molecular complexity index is 749. The van der Waals surface area contributed by atoms with Gasteiger partial charge in [0.2, 0.25) is 0 Å². The molecule has 1 aliphatic rings. The molecule has 0 bridgehead atoms. The van der Waals surface area contributed by atoms with Crippen LogP contribution in [0.3, 0.4) is 0 Å². The molecule has 1 unspecified atom stereocenters. The number of ether oxygens (including phenoxy) is 1. The van der Waals surface area contributed by atoms with Gasteiger partial charge in [0.05, 0.1) is 11.3 Å². The van der Waals surface area contributed by atoms with E-state index in [1.165, 1.54) is 12.1 Å². The minimum absolute atomic E-state index is 0.0125. The molecule has 1 aliphatic carbocycles. The first-order chi connectivity index (χ1) is 12.5. The largest absolute Gasteiger partial charge is 0.435 e. The van der Waals surface area contributed by atoms with E-state index in [0.29, 0.717) is 29.4 Å². The van der Waals surface area contributed by atoms with Crippen LogP contribution in [-0.2, 0) is 0 Å². The zero-order valence-corrected chi connectivity index (χ0v) is 14.1. The fourth-order valence-corrected chi connectivity index (χ4v) is 2.66. The Hall–Kier alpha value is -2.67. The molecular formula is C19H21F2N3O2. The molecule has 0 aliphatic heterocycles. The van der Waals surface area contributed by atoms with E-state index in [9.17, 15) is 13.6 Å². The number of hydrogen-bond donors (Lipinski definition) is 3. The second kappa shape index (κ2) is 8.14. The number of hydrogen-bond acceptors (Lipinski definition) is 4. The van der Waals surface area contributed by atoms with E-state index < -0.39 is 6.61 Å². The maximum Gasteiger partial charge on any atom is 0.387 e. The smallest absolute Gasteiger partial charge is 0.387 e. The van der Waals surface area contributed by atoms with Crippen molar-refractivity contribution in [1.82, 2.24) is 5.32 Å². The van der Waals surface area contributed by atoms with Crippen LogP contribution in [0.25, 0.3) is 0 Å². The van der Waals surface area contributed by atoms with Crippen LogP contribution in [0.2, 0.25) is 0 Å². The van der Waals surface area contributed by atoms with E-state index >= 15 is 0 Å². The molecule has 7 heteroatoms. The maximum absolute atomic E-state index is 12.5. The Labute approximate surface area is 150 Å². The Morgan fingerprint density at radius 1 is 1.15 bits per heavy atom. The number of rotatable bonds is 8. The van der Waals surface area contributed by atoms with Crippen LogP contribution in [0, 0.1) is 5.92 Å². The van der Waals surface area contributed by atoms with Gasteiger partial charge in [-0.05, 0) is 55.2 Å². The van der Waals surface area contributed by atoms with Crippen molar-refractivity contribution in [2.45, 2.75) is 25.5 Å². The van der Waals surface area contributed by atoms with Crippen LogP contribution in [0.5, 0.6) is 5.75 Å². The second-order valence-corrected chi connectivity index (χ2v) is 6.28. The van der Waals surface area contributed by atoms with Gasteiger partial charge >= 0.3 is 6.61 Å². The van der Waals surface area contributed by atoms with E-state index in [-0.39, 0.29) is 17.7 Å². The van der Waals surface area contributed by atoms with Crippen molar-refractivity contribution in [1.29, 1.82) is 0 Å². The maximum atomic E-state index is 12.5. The van der Waals surface area contributed by atoms with Crippen LogP contribution in [0.4, 0.5) is 20.2 Å². The summed E-state index contributed by atoms with van der Waals surface area (Å²) in [5.74, 6) is 0.380. The number of para-hydroxylation sites is 1. The molecule has 0 radical (unpaired) electrons. The van der Waals surface area contributed by atoms with Crippen LogP contribution in [0.15, 0.2) is 48.5 Å². The first-order valence-electron chi connectivity index (χ1n) is 8.47. The second-order valence-electron chi connectivity index (χ2n) is 6.28. The molecule has 1 amide bonds. The predicted molar refractivity (Wildman–Crippen MR) is 95.8 cm³/mol. The number of nitrogens with one attached hydrogen (secondary N) is 2.